The van der Waals surface area contributed by atoms with E-state index in [1.54, 1.807) is 24.5 Å². The van der Waals surface area contributed by atoms with E-state index in [0.717, 1.165) is 22.2 Å². The van der Waals surface area contributed by atoms with Crippen LogP contribution in [0.1, 0.15) is 12.0 Å². The second-order valence-electron chi connectivity index (χ2n) is 4.45. The number of nitrogens with zero attached hydrogens (tertiary/aromatic N) is 2. The van der Waals surface area contributed by atoms with Gasteiger partial charge in [-0.05, 0) is 36.1 Å². The number of carbonyl (C=O) groups excluding carboxylic acids is 2. The first-order valence-corrected chi connectivity index (χ1v) is 9.03. The van der Waals surface area contributed by atoms with Crippen molar-refractivity contribution in [3.8, 4) is 0 Å². The Hall–Kier alpha value is -1.38. The molecule has 1 aromatic rings. The molecule has 1 aromatic heterocycles. The van der Waals surface area contributed by atoms with E-state index in [-0.39, 0.29) is 4.32 Å². The zero-order chi connectivity index (χ0) is 16.1. The summed E-state index contributed by atoms with van der Waals surface area (Å²) in [6, 6.07) is 2.54. The molecule has 116 valence electrons. The Kier molecular flexibility index (Phi) is 5.98. The molecule has 0 unspecified atom stereocenters. The number of pyridine rings is 1. The smallest absolute Gasteiger partial charge is 0.266 e. The molecular formula is C14H13N2O3S3-. The van der Waals surface area contributed by atoms with Gasteiger partial charge < -0.3 is 9.90 Å². The van der Waals surface area contributed by atoms with Crippen LogP contribution in [-0.4, -0.2) is 44.1 Å². The van der Waals surface area contributed by atoms with Gasteiger partial charge >= 0.3 is 0 Å². The minimum absolute atomic E-state index is 0.246. The average Bonchev–Trinajstić information content (AvgIpc) is 2.76. The van der Waals surface area contributed by atoms with Gasteiger partial charge in [-0.1, -0.05) is 30.0 Å². The van der Waals surface area contributed by atoms with Crippen molar-refractivity contribution in [1.82, 2.24) is 9.88 Å². The highest BCUT2D eigenvalue weighted by Gasteiger charge is 2.37. The third kappa shape index (κ3) is 3.88. The fraction of sp³-hybridized carbons (Fsp3) is 0.286. The largest absolute Gasteiger partial charge is 0.548 e. The summed E-state index contributed by atoms with van der Waals surface area (Å²) in [5.41, 5.74) is 0.761. The summed E-state index contributed by atoms with van der Waals surface area (Å²) in [7, 11) is 0. The molecule has 0 bridgehead atoms. The van der Waals surface area contributed by atoms with Crippen LogP contribution in [0.15, 0.2) is 29.4 Å². The number of hydrogen-bond acceptors (Lipinski definition) is 7. The maximum atomic E-state index is 12.5. The SMILES string of the molecule is CSCC[C@@H](C(=O)[O-])N1C(=O)/C(=C/c2cccnc2)SC1=S. The van der Waals surface area contributed by atoms with Crippen LogP contribution >= 0.6 is 35.7 Å². The maximum absolute atomic E-state index is 12.5. The predicted molar refractivity (Wildman–Crippen MR) is 91.0 cm³/mol. The first kappa shape index (κ1) is 17.0. The van der Waals surface area contributed by atoms with Crippen LogP contribution in [0.4, 0.5) is 0 Å². The fourth-order valence-electron chi connectivity index (χ4n) is 1.94. The number of carboxylic acids is 1. The van der Waals surface area contributed by atoms with Gasteiger partial charge in [-0.2, -0.15) is 11.8 Å². The third-order valence-electron chi connectivity index (χ3n) is 2.98. The Morgan fingerprint density at radius 2 is 2.41 bits per heavy atom. The Bertz CT molecular complexity index is 619. The molecule has 0 N–H and O–H groups in total. The van der Waals surface area contributed by atoms with Gasteiger partial charge in [0.15, 0.2) is 0 Å². The van der Waals surface area contributed by atoms with Gasteiger partial charge in [0.2, 0.25) is 0 Å². The number of thioether (sulfide) groups is 2. The molecule has 2 rings (SSSR count). The van der Waals surface area contributed by atoms with Crippen molar-refractivity contribution < 1.29 is 14.7 Å². The molecule has 0 aliphatic carbocycles. The molecule has 1 aliphatic rings. The molecule has 0 spiro atoms. The highest BCUT2D eigenvalue weighted by atomic mass is 32.2. The molecule has 0 radical (unpaired) electrons. The second-order valence-corrected chi connectivity index (χ2v) is 7.12. The lowest BCUT2D eigenvalue weighted by Gasteiger charge is -2.27. The van der Waals surface area contributed by atoms with E-state index >= 15 is 0 Å². The molecule has 1 amide bonds. The minimum atomic E-state index is -1.28. The van der Waals surface area contributed by atoms with Crippen molar-refractivity contribution in [2.24, 2.45) is 0 Å². The van der Waals surface area contributed by atoms with Crippen molar-refractivity contribution >= 4 is 58.0 Å². The van der Waals surface area contributed by atoms with Crippen LogP contribution in [0, 0.1) is 0 Å². The normalized spacial score (nSPS) is 18.0. The summed E-state index contributed by atoms with van der Waals surface area (Å²) in [6.45, 7) is 0. The number of carbonyl (C=O) groups is 2. The number of rotatable bonds is 6. The molecule has 1 atom stereocenters. The monoisotopic (exact) mass is 353 g/mol. The van der Waals surface area contributed by atoms with Gasteiger partial charge in [-0.25, -0.2) is 0 Å². The van der Waals surface area contributed by atoms with Crippen molar-refractivity contribution in [2.75, 3.05) is 12.0 Å². The number of aromatic nitrogens is 1. The van der Waals surface area contributed by atoms with E-state index in [1.165, 1.54) is 11.8 Å². The summed E-state index contributed by atoms with van der Waals surface area (Å²) in [6.07, 6.45) is 7.09. The van der Waals surface area contributed by atoms with Crippen molar-refractivity contribution in [2.45, 2.75) is 12.5 Å². The van der Waals surface area contributed by atoms with E-state index in [2.05, 4.69) is 4.98 Å². The summed E-state index contributed by atoms with van der Waals surface area (Å²) >= 11 is 7.78. The molecule has 2 heterocycles. The lowest BCUT2D eigenvalue weighted by atomic mass is 10.2. The van der Waals surface area contributed by atoms with Crippen molar-refractivity contribution in [3.63, 3.8) is 0 Å². The van der Waals surface area contributed by atoms with E-state index in [4.69, 9.17) is 12.2 Å². The number of amides is 1. The van der Waals surface area contributed by atoms with Crippen LogP contribution in [-0.2, 0) is 9.59 Å². The number of thiocarbonyl (C=S) groups is 1. The first-order chi connectivity index (χ1) is 10.5. The van der Waals surface area contributed by atoms with Gasteiger partial charge in [0.05, 0.1) is 16.9 Å². The summed E-state index contributed by atoms with van der Waals surface area (Å²) in [5, 5.41) is 11.3. The number of hydrogen-bond donors (Lipinski definition) is 0. The predicted octanol–water partition coefficient (Wildman–Crippen LogP) is 1.15. The molecular weight excluding hydrogens is 340 g/mol. The van der Waals surface area contributed by atoms with Crippen molar-refractivity contribution in [3.05, 3.63) is 35.0 Å². The van der Waals surface area contributed by atoms with Gasteiger partial charge in [0.25, 0.3) is 5.91 Å². The van der Waals surface area contributed by atoms with E-state index in [9.17, 15) is 14.7 Å². The van der Waals surface area contributed by atoms with Crippen LogP contribution in [0.25, 0.3) is 6.08 Å². The highest BCUT2D eigenvalue weighted by molar-refractivity contribution is 8.26. The van der Waals surface area contributed by atoms with Crippen LogP contribution in [0.5, 0.6) is 0 Å². The standard InChI is InChI=1S/C14H14N2O3S3/c1-21-6-4-10(13(18)19)16-12(17)11(22-14(16)20)7-9-3-2-5-15-8-9/h2-3,5,7-8,10H,4,6H2,1H3,(H,18,19)/p-1/b11-7-/t10-/m0/s1. The third-order valence-corrected chi connectivity index (χ3v) is 4.96. The summed E-state index contributed by atoms with van der Waals surface area (Å²) in [4.78, 5) is 29.3. The molecule has 5 nitrogen and oxygen atoms in total. The lowest BCUT2D eigenvalue weighted by Crippen LogP contribution is -2.50. The van der Waals surface area contributed by atoms with Crippen LogP contribution in [0.3, 0.4) is 0 Å². The Morgan fingerprint density at radius 1 is 1.64 bits per heavy atom. The Morgan fingerprint density at radius 3 is 3.00 bits per heavy atom. The number of aliphatic carboxylic acids is 1. The van der Waals surface area contributed by atoms with Crippen LogP contribution < -0.4 is 5.11 Å². The van der Waals surface area contributed by atoms with Gasteiger partial charge in [-0.15, -0.1) is 0 Å². The quantitative estimate of drug-likeness (QED) is 0.561. The van der Waals surface area contributed by atoms with E-state index in [0.29, 0.717) is 17.1 Å². The molecule has 0 saturated carbocycles. The molecule has 1 aliphatic heterocycles. The fourth-order valence-corrected chi connectivity index (χ4v) is 3.76. The van der Waals surface area contributed by atoms with Gasteiger partial charge in [0, 0.05) is 12.4 Å². The molecule has 0 aromatic carbocycles. The highest BCUT2D eigenvalue weighted by Crippen LogP contribution is 2.34. The van der Waals surface area contributed by atoms with E-state index in [1.807, 2.05) is 12.3 Å². The molecule has 8 heteroatoms. The molecule has 1 fully saturated rings. The minimum Gasteiger partial charge on any atom is -0.548 e. The maximum Gasteiger partial charge on any atom is 0.266 e. The first-order valence-electron chi connectivity index (χ1n) is 6.41. The van der Waals surface area contributed by atoms with Crippen LogP contribution in [0.2, 0.25) is 0 Å². The zero-order valence-electron chi connectivity index (χ0n) is 11.7. The molecule has 22 heavy (non-hydrogen) atoms. The van der Waals surface area contributed by atoms with Gasteiger partial charge in [0.1, 0.15) is 4.32 Å². The van der Waals surface area contributed by atoms with Crippen molar-refractivity contribution in [1.29, 1.82) is 0 Å². The lowest BCUT2D eigenvalue weighted by molar-refractivity contribution is -0.310. The van der Waals surface area contributed by atoms with Gasteiger partial charge in [-0.3, -0.25) is 14.7 Å². The topological polar surface area (TPSA) is 73.3 Å². The second kappa shape index (κ2) is 7.75. The number of carboxylic acid groups (broad SMARTS) is 1. The Balaban J connectivity index is 2.24. The average molecular weight is 353 g/mol. The van der Waals surface area contributed by atoms with E-state index < -0.39 is 17.9 Å². The molecule has 1 saturated heterocycles. The zero-order valence-corrected chi connectivity index (χ0v) is 14.2. The summed E-state index contributed by atoms with van der Waals surface area (Å²) < 4.78 is 0.246. The Labute approximate surface area is 142 Å². The summed E-state index contributed by atoms with van der Waals surface area (Å²) in [5.74, 6) is -1.07.